The lowest BCUT2D eigenvalue weighted by atomic mass is 9.71. The van der Waals surface area contributed by atoms with Crippen LogP contribution in [-0.2, 0) is 4.79 Å². The fourth-order valence-electron chi connectivity index (χ4n) is 3.25. The monoisotopic (exact) mass is 223 g/mol. The van der Waals surface area contributed by atoms with Gasteiger partial charge in [-0.25, -0.2) is 0 Å². The Morgan fingerprint density at radius 3 is 2.25 bits per heavy atom. The molecule has 2 aliphatic rings. The zero-order valence-corrected chi connectivity index (χ0v) is 10.7. The van der Waals surface area contributed by atoms with Crippen molar-refractivity contribution in [2.45, 2.75) is 46.0 Å². The molecule has 0 amide bonds. The maximum atomic E-state index is 12.4. The van der Waals surface area contributed by atoms with E-state index in [1.165, 1.54) is 6.42 Å². The van der Waals surface area contributed by atoms with Crippen LogP contribution in [0.5, 0.6) is 0 Å². The summed E-state index contributed by atoms with van der Waals surface area (Å²) in [7, 11) is 0. The van der Waals surface area contributed by atoms with E-state index in [0.29, 0.717) is 17.6 Å². The lowest BCUT2D eigenvalue weighted by molar-refractivity contribution is -0.129. The van der Waals surface area contributed by atoms with E-state index < -0.39 is 0 Å². The average Bonchev–Trinajstić information content (AvgIpc) is 2.33. The lowest BCUT2D eigenvalue weighted by Crippen LogP contribution is -2.36. The number of carbonyl (C=O) groups excluding carboxylic acids is 1. The van der Waals surface area contributed by atoms with Crippen LogP contribution in [0.1, 0.15) is 46.0 Å². The van der Waals surface area contributed by atoms with Crippen molar-refractivity contribution in [2.75, 3.05) is 13.1 Å². The van der Waals surface area contributed by atoms with E-state index in [1.54, 1.807) is 0 Å². The molecule has 2 heteroatoms. The predicted octanol–water partition coefficient (Wildman–Crippen LogP) is 2.63. The van der Waals surface area contributed by atoms with Crippen molar-refractivity contribution >= 4 is 5.78 Å². The van der Waals surface area contributed by atoms with E-state index in [-0.39, 0.29) is 0 Å². The second-order valence-electron chi connectivity index (χ2n) is 5.89. The molecule has 1 saturated carbocycles. The molecule has 0 aromatic heterocycles. The second-order valence-corrected chi connectivity index (χ2v) is 5.89. The topological polar surface area (TPSA) is 29.1 Å². The molecular weight excluding hydrogens is 198 g/mol. The second kappa shape index (κ2) is 5.31. The normalized spacial score (nSPS) is 37.2. The molecule has 2 fully saturated rings. The fraction of sp³-hybridized carbons (Fsp3) is 0.929. The van der Waals surface area contributed by atoms with Gasteiger partial charge in [-0.15, -0.1) is 0 Å². The third kappa shape index (κ3) is 2.65. The highest BCUT2D eigenvalue weighted by Crippen LogP contribution is 2.35. The molecule has 1 N–H and O–H groups in total. The van der Waals surface area contributed by atoms with Crippen molar-refractivity contribution < 1.29 is 4.79 Å². The average molecular weight is 223 g/mol. The minimum atomic E-state index is 0.367. The number of piperidine rings is 1. The van der Waals surface area contributed by atoms with Crippen LogP contribution in [0.2, 0.25) is 0 Å². The molecule has 0 aromatic carbocycles. The molecule has 92 valence electrons. The molecule has 0 radical (unpaired) electrons. The molecule has 3 atom stereocenters. The van der Waals surface area contributed by atoms with Gasteiger partial charge < -0.3 is 5.32 Å². The molecule has 1 aliphatic heterocycles. The Bertz CT molecular complexity index is 245. The summed E-state index contributed by atoms with van der Waals surface area (Å²) in [4.78, 5) is 12.4. The van der Waals surface area contributed by atoms with E-state index in [2.05, 4.69) is 19.2 Å². The number of hydrogen-bond acceptors (Lipinski definition) is 2. The van der Waals surface area contributed by atoms with Crippen molar-refractivity contribution in [1.82, 2.24) is 5.32 Å². The Labute approximate surface area is 99.2 Å². The number of Topliss-reactive ketones (excluding diaryl/α,β-unsaturated/α-hetero) is 1. The smallest absolute Gasteiger partial charge is 0.139 e. The Balaban J connectivity index is 1.89. The van der Waals surface area contributed by atoms with Gasteiger partial charge in [-0.3, -0.25) is 4.79 Å². The summed E-state index contributed by atoms with van der Waals surface area (Å²) in [6.45, 7) is 6.71. The third-order valence-corrected chi connectivity index (χ3v) is 4.74. The van der Waals surface area contributed by atoms with Crippen molar-refractivity contribution in [3.8, 4) is 0 Å². The highest BCUT2D eigenvalue weighted by atomic mass is 16.1. The predicted molar refractivity (Wildman–Crippen MR) is 66.3 cm³/mol. The van der Waals surface area contributed by atoms with Crippen molar-refractivity contribution in [3.63, 3.8) is 0 Å². The minimum absolute atomic E-state index is 0.367. The van der Waals surface area contributed by atoms with Gasteiger partial charge in [0.15, 0.2) is 0 Å². The van der Waals surface area contributed by atoms with Crippen LogP contribution in [0, 0.1) is 23.7 Å². The number of nitrogens with one attached hydrogen (secondary N) is 1. The first-order chi connectivity index (χ1) is 7.68. The summed E-state index contributed by atoms with van der Waals surface area (Å²) in [5.74, 6) is 2.89. The third-order valence-electron chi connectivity index (χ3n) is 4.74. The minimum Gasteiger partial charge on any atom is -0.317 e. The van der Waals surface area contributed by atoms with Gasteiger partial charge in [0, 0.05) is 11.8 Å². The molecule has 16 heavy (non-hydrogen) atoms. The van der Waals surface area contributed by atoms with Gasteiger partial charge in [0.25, 0.3) is 0 Å². The van der Waals surface area contributed by atoms with Gasteiger partial charge >= 0.3 is 0 Å². The van der Waals surface area contributed by atoms with Gasteiger partial charge in [-0.2, -0.15) is 0 Å². The first-order valence-corrected chi connectivity index (χ1v) is 6.93. The summed E-state index contributed by atoms with van der Waals surface area (Å²) >= 11 is 0. The van der Waals surface area contributed by atoms with Crippen LogP contribution in [0.3, 0.4) is 0 Å². The Kier molecular flexibility index (Phi) is 4.01. The van der Waals surface area contributed by atoms with Crippen molar-refractivity contribution in [3.05, 3.63) is 0 Å². The summed E-state index contributed by atoms with van der Waals surface area (Å²) < 4.78 is 0. The Hall–Kier alpha value is -0.370. The van der Waals surface area contributed by atoms with Gasteiger partial charge in [-0.1, -0.05) is 13.8 Å². The van der Waals surface area contributed by atoms with E-state index in [0.717, 1.165) is 50.6 Å². The van der Waals surface area contributed by atoms with Crippen LogP contribution in [0.15, 0.2) is 0 Å². The quantitative estimate of drug-likeness (QED) is 0.779. The van der Waals surface area contributed by atoms with Crippen molar-refractivity contribution in [2.24, 2.45) is 23.7 Å². The summed E-state index contributed by atoms with van der Waals surface area (Å²) in [6, 6.07) is 0. The Morgan fingerprint density at radius 1 is 0.938 bits per heavy atom. The van der Waals surface area contributed by atoms with E-state index in [9.17, 15) is 4.79 Å². The standard InChI is InChI=1S/C14H25NO/c1-10-3-4-13(9-11(10)2)14(16)12-5-7-15-8-6-12/h10-13,15H,3-9H2,1-2H3. The molecule has 2 nitrogen and oxygen atoms in total. The summed E-state index contributed by atoms with van der Waals surface area (Å²) in [6.07, 6.45) is 5.68. The highest BCUT2D eigenvalue weighted by Gasteiger charge is 2.33. The first kappa shape index (κ1) is 12.1. The van der Waals surface area contributed by atoms with Gasteiger partial charge in [0.05, 0.1) is 0 Å². The molecule has 0 spiro atoms. The molecule has 1 saturated heterocycles. The van der Waals surface area contributed by atoms with Gasteiger partial charge in [0.2, 0.25) is 0 Å². The molecule has 1 aliphatic carbocycles. The summed E-state index contributed by atoms with van der Waals surface area (Å²) in [5, 5.41) is 3.34. The highest BCUT2D eigenvalue weighted by molar-refractivity contribution is 5.83. The van der Waals surface area contributed by atoms with E-state index >= 15 is 0 Å². The zero-order valence-electron chi connectivity index (χ0n) is 10.7. The van der Waals surface area contributed by atoms with Crippen LogP contribution < -0.4 is 5.32 Å². The number of hydrogen-bond donors (Lipinski definition) is 1. The lowest BCUT2D eigenvalue weighted by Gasteiger charge is -2.34. The maximum absolute atomic E-state index is 12.4. The van der Waals surface area contributed by atoms with Crippen molar-refractivity contribution in [1.29, 1.82) is 0 Å². The van der Waals surface area contributed by atoms with Gasteiger partial charge in [-0.05, 0) is 57.0 Å². The largest absolute Gasteiger partial charge is 0.317 e. The zero-order chi connectivity index (χ0) is 11.5. The van der Waals surface area contributed by atoms with Gasteiger partial charge in [0.1, 0.15) is 5.78 Å². The Morgan fingerprint density at radius 2 is 1.62 bits per heavy atom. The van der Waals surface area contributed by atoms with Crippen LogP contribution in [0.4, 0.5) is 0 Å². The summed E-state index contributed by atoms with van der Waals surface area (Å²) in [5.41, 5.74) is 0. The molecule has 0 bridgehead atoms. The van der Waals surface area contributed by atoms with E-state index in [1.807, 2.05) is 0 Å². The number of rotatable bonds is 2. The van der Waals surface area contributed by atoms with Crippen LogP contribution >= 0.6 is 0 Å². The van der Waals surface area contributed by atoms with Crippen LogP contribution in [-0.4, -0.2) is 18.9 Å². The SMILES string of the molecule is CC1CCC(C(=O)C2CCNCC2)CC1C. The number of ketones is 1. The molecule has 2 rings (SSSR count). The molecule has 0 aromatic rings. The molecular formula is C14H25NO. The molecule has 1 heterocycles. The number of carbonyl (C=O) groups is 1. The first-order valence-electron chi connectivity index (χ1n) is 6.93. The van der Waals surface area contributed by atoms with E-state index in [4.69, 9.17) is 0 Å². The fourth-order valence-corrected chi connectivity index (χ4v) is 3.25. The van der Waals surface area contributed by atoms with Crippen LogP contribution in [0.25, 0.3) is 0 Å². The maximum Gasteiger partial charge on any atom is 0.139 e. The molecule has 3 unspecified atom stereocenters.